The highest BCUT2D eigenvalue weighted by atomic mass is 32.2. The molecule has 1 saturated heterocycles. The normalized spacial score (nSPS) is 19.2. The van der Waals surface area contributed by atoms with Crippen LogP contribution in [-0.2, 0) is 34.4 Å². The van der Waals surface area contributed by atoms with Crippen molar-refractivity contribution < 1.29 is 36.0 Å². The molecule has 1 aliphatic heterocycles. The Hall–Kier alpha value is -1.48. The molecule has 1 heterocycles. The quantitative estimate of drug-likeness (QED) is 0.463. The molecule has 0 aromatic rings. The predicted molar refractivity (Wildman–Crippen MR) is 114 cm³/mol. The van der Waals surface area contributed by atoms with Gasteiger partial charge in [-0.1, -0.05) is 0 Å². The molecule has 1 rings (SSSR count). The van der Waals surface area contributed by atoms with E-state index in [2.05, 4.69) is 10.2 Å². The largest absolute Gasteiger partial charge is 0.444 e. The van der Waals surface area contributed by atoms with Gasteiger partial charge in [0.2, 0.25) is 20.0 Å². The van der Waals surface area contributed by atoms with Crippen molar-refractivity contribution in [2.75, 3.05) is 38.2 Å². The molecule has 0 aliphatic carbocycles. The van der Waals surface area contributed by atoms with Crippen LogP contribution >= 0.6 is 0 Å². The summed E-state index contributed by atoms with van der Waals surface area (Å²) in [6, 6.07) is -1.19. The van der Waals surface area contributed by atoms with Gasteiger partial charge in [0.05, 0.1) is 17.6 Å². The fourth-order valence-electron chi connectivity index (χ4n) is 2.53. The standard InChI is InChI=1S/C17H34N4O8S2/c1-16(2,3)28-15(23)21-10-9-20(31(26,27)11-8-18-30(7,24)25)12-13(21)14(22)19-29-17(4,5)6/h13,18H,8-12H2,1-7H3,(H,19,22)/t13-/m1/s1. The van der Waals surface area contributed by atoms with Crippen molar-refractivity contribution in [1.82, 2.24) is 19.4 Å². The van der Waals surface area contributed by atoms with E-state index in [4.69, 9.17) is 9.57 Å². The summed E-state index contributed by atoms with van der Waals surface area (Å²) in [6.07, 6.45) is 0.175. The minimum atomic E-state index is -3.89. The molecule has 0 aromatic heterocycles. The highest BCUT2D eigenvalue weighted by Gasteiger charge is 2.41. The maximum atomic E-state index is 12.7. The molecule has 0 spiro atoms. The molecular weight excluding hydrogens is 452 g/mol. The van der Waals surface area contributed by atoms with E-state index in [0.717, 1.165) is 15.5 Å². The summed E-state index contributed by atoms with van der Waals surface area (Å²) in [7, 11) is -7.44. The van der Waals surface area contributed by atoms with Crippen LogP contribution in [0.1, 0.15) is 41.5 Å². The number of rotatable bonds is 7. The molecule has 2 N–H and O–H groups in total. The third-order valence-corrected chi connectivity index (χ3v) is 6.42. The number of piperazine rings is 1. The minimum Gasteiger partial charge on any atom is -0.444 e. The Morgan fingerprint density at radius 2 is 1.58 bits per heavy atom. The highest BCUT2D eigenvalue weighted by molar-refractivity contribution is 7.89. The number of hydrogen-bond donors (Lipinski definition) is 2. The molecule has 0 saturated carbocycles. The van der Waals surface area contributed by atoms with Crippen LogP contribution < -0.4 is 10.2 Å². The van der Waals surface area contributed by atoms with Gasteiger partial charge in [-0.15, -0.1) is 0 Å². The zero-order valence-electron chi connectivity index (χ0n) is 19.1. The van der Waals surface area contributed by atoms with Gasteiger partial charge in [-0.3, -0.25) is 14.5 Å². The average molecular weight is 487 g/mol. The lowest BCUT2D eigenvalue weighted by atomic mass is 10.2. The predicted octanol–water partition coefficient (Wildman–Crippen LogP) is -0.367. The van der Waals surface area contributed by atoms with Crippen molar-refractivity contribution in [3.63, 3.8) is 0 Å². The first-order chi connectivity index (χ1) is 13.8. The Morgan fingerprint density at radius 1 is 1.00 bits per heavy atom. The molecule has 12 nitrogen and oxygen atoms in total. The summed E-state index contributed by atoms with van der Waals surface area (Å²) < 4.78 is 56.2. The highest BCUT2D eigenvalue weighted by Crippen LogP contribution is 2.19. The Bertz CT molecular complexity index is 860. The van der Waals surface area contributed by atoms with Gasteiger partial charge in [0, 0.05) is 26.2 Å². The van der Waals surface area contributed by atoms with Gasteiger partial charge < -0.3 is 4.74 Å². The fourth-order valence-corrected chi connectivity index (χ4v) is 4.48. The molecule has 31 heavy (non-hydrogen) atoms. The second-order valence-corrected chi connectivity index (χ2v) is 13.1. The number of carbonyl (C=O) groups excluding carboxylic acids is 2. The SMILES string of the molecule is CC(C)(C)ONC(=O)[C@H]1CN(S(=O)(=O)CCNS(C)(=O)=O)CCN1C(=O)OC(C)(C)C. The minimum absolute atomic E-state index is 0.0651. The van der Waals surface area contributed by atoms with Crippen LogP contribution in [0.4, 0.5) is 4.79 Å². The summed E-state index contributed by atoms with van der Waals surface area (Å²) in [6.45, 7) is 9.40. The van der Waals surface area contributed by atoms with Crippen LogP contribution in [-0.4, -0.2) is 93.5 Å². The van der Waals surface area contributed by atoms with E-state index in [0.29, 0.717) is 0 Å². The van der Waals surface area contributed by atoms with Crippen LogP contribution in [0.15, 0.2) is 0 Å². The van der Waals surface area contributed by atoms with Gasteiger partial charge >= 0.3 is 6.09 Å². The first-order valence-electron chi connectivity index (χ1n) is 9.71. The molecule has 0 bridgehead atoms. The number of sulfonamides is 2. The van der Waals surface area contributed by atoms with Gasteiger partial charge in [-0.2, -0.15) is 4.31 Å². The number of carbonyl (C=O) groups is 2. The van der Waals surface area contributed by atoms with Gasteiger partial charge in [0.25, 0.3) is 5.91 Å². The van der Waals surface area contributed by atoms with Gasteiger partial charge in [0.1, 0.15) is 11.6 Å². The molecule has 1 aliphatic rings. The van der Waals surface area contributed by atoms with Crippen molar-refractivity contribution in [2.45, 2.75) is 58.8 Å². The van der Waals surface area contributed by atoms with Crippen molar-refractivity contribution >= 4 is 32.0 Å². The monoisotopic (exact) mass is 486 g/mol. The summed E-state index contributed by atoms with van der Waals surface area (Å²) in [4.78, 5) is 31.8. The summed E-state index contributed by atoms with van der Waals surface area (Å²) in [5.41, 5.74) is 0.764. The third-order valence-electron chi connectivity index (χ3n) is 3.85. The lowest BCUT2D eigenvalue weighted by molar-refractivity contribution is -0.152. The molecule has 2 amide bonds. The van der Waals surface area contributed by atoms with Gasteiger partial charge in [0.15, 0.2) is 0 Å². The van der Waals surface area contributed by atoms with Crippen LogP contribution in [0.3, 0.4) is 0 Å². The Morgan fingerprint density at radius 3 is 2.06 bits per heavy atom. The van der Waals surface area contributed by atoms with E-state index in [1.165, 1.54) is 0 Å². The van der Waals surface area contributed by atoms with E-state index in [1.54, 1.807) is 41.5 Å². The molecule has 0 aromatic carbocycles. The van der Waals surface area contributed by atoms with E-state index in [-0.39, 0.29) is 26.2 Å². The Kier molecular flexibility index (Phi) is 8.87. The molecule has 0 unspecified atom stereocenters. The number of hydrogen-bond acceptors (Lipinski definition) is 8. The molecular formula is C17H34N4O8S2. The van der Waals surface area contributed by atoms with Crippen molar-refractivity contribution in [2.24, 2.45) is 0 Å². The second-order valence-electron chi connectivity index (χ2n) is 9.21. The maximum Gasteiger partial charge on any atom is 0.411 e. The Labute approximate surface area is 184 Å². The van der Waals surface area contributed by atoms with Crippen LogP contribution in [0.5, 0.6) is 0 Å². The summed E-state index contributed by atoms with van der Waals surface area (Å²) in [5, 5.41) is 0. The summed E-state index contributed by atoms with van der Waals surface area (Å²) in [5.74, 6) is -1.19. The smallest absolute Gasteiger partial charge is 0.411 e. The number of hydroxylamine groups is 1. The van der Waals surface area contributed by atoms with Crippen molar-refractivity contribution in [3.05, 3.63) is 0 Å². The molecule has 182 valence electrons. The van der Waals surface area contributed by atoms with E-state index in [9.17, 15) is 26.4 Å². The molecule has 1 fully saturated rings. The van der Waals surface area contributed by atoms with E-state index < -0.39 is 55.0 Å². The Balaban J connectivity index is 3.01. The fraction of sp³-hybridized carbons (Fsp3) is 0.882. The van der Waals surface area contributed by atoms with Crippen molar-refractivity contribution in [3.8, 4) is 0 Å². The second kappa shape index (κ2) is 9.98. The maximum absolute atomic E-state index is 12.7. The first kappa shape index (κ1) is 27.6. The zero-order valence-corrected chi connectivity index (χ0v) is 20.7. The number of nitrogens with zero attached hydrogens (tertiary/aromatic N) is 2. The van der Waals surface area contributed by atoms with Crippen LogP contribution in [0.2, 0.25) is 0 Å². The topological polar surface area (TPSA) is 151 Å². The summed E-state index contributed by atoms with van der Waals surface area (Å²) >= 11 is 0. The zero-order chi connectivity index (χ0) is 24.3. The van der Waals surface area contributed by atoms with Gasteiger partial charge in [-0.05, 0) is 41.5 Å². The number of amides is 2. The number of nitrogens with one attached hydrogen (secondary N) is 2. The molecule has 1 atom stereocenters. The molecule has 0 radical (unpaired) electrons. The van der Waals surface area contributed by atoms with Crippen LogP contribution in [0, 0.1) is 0 Å². The lowest BCUT2D eigenvalue weighted by Crippen LogP contribution is -2.62. The molecule has 14 heteroatoms. The van der Waals surface area contributed by atoms with Crippen LogP contribution in [0.25, 0.3) is 0 Å². The third kappa shape index (κ3) is 10.1. The first-order valence-corrected chi connectivity index (χ1v) is 13.2. The van der Waals surface area contributed by atoms with Gasteiger partial charge in [-0.25, -0.2) is 31.8 Å². The lowest BCUT2D eigenvalue weighted by Gasteiger charge is -2.40. The number of ether oxygens (including phenoxy) is 1. The van der Waals surface area contributed by atoms with E-state index in [1.807, 2.05) is 0 Å². The van der Waals surface area contributed by atoms with Crippen molar-refractivity contribution in [1.29, 1.82) is 0 Å². The average Bonchev–Trinajstić information content (AvgIpc) is 2.55. The van der Waals surface area contributed by atoms with E-state index >= 15 is 0 Å².